The van der Waals surface area contributed by atoms with Gasteiger partial charge in [-0.25, -0.2) is 0 Å². The zero-order valence-corrected chi connectivity index (χ0v) is 13.7. The van der Waals surface area contributed by atoms with Gasteiger partial charge in [-0.1, -0.05) is 11.6 Å². The summed E-state index contributed by atoms with van der Waals surface area (Å²) in [6.07, 6.45) is 0. The Bertz CT molecular complexity index is 677. The van der Waals surface area contributed by atoms with Gasteiger partial charge in [0.1, 0.15) is 5.75 Å². The fourth-order valence-electron chi connectivity index (χ4n) is 1.72. The number of hydrogen-bond acceptors (Lipinski definition) is 3. The topological polar surface area (TPSA) is 64.3 Å². The number of nitrogen functional groups attached to an aromatic ring is 1. The third-order valence-electron chi connectivity index (χ3n) is 2.75. The standard InChI is InChI=1S/C15H14BrClN2O2/c1-2-21-14-6-4-10(8-12(14)17)19-15(20)9-3-5-13(18)11(16)7-9/h3-8H,2,18H2,1H3,(H,19,20). The summed E-state index contributed by atoms with van der Waals surface area (Å²) in [7, 11) is 0. The van der Waals surface area contributed by atoms with Crippen LogP contribution in [0.2, 0.25) is 5.02 Å². The van der Waals surface area contributed by atoms with Gasteiger partial charge in [0.25, 0.3) is 5.91 Å². The molecule has 0 aromatic heterocycles. The molecule has 6 heteroatoms. The second-order valence-corrected chi connectivity index (χ2v) is 5.53. The number of halogens is 2. The molecule has 0 saturated carbocycles. The van der Waals surface area contributed by atoms with Crippen molar-refractivity contribution < 1.29 is 9.53 Å². The first kappa shape index (κ1) is 15.7. The number of benzene rings is 2. The van der Waals surface area contributed by atoms with Gasteiger partial charge < -0.3 is 15.8 Å². The van der Waals surface area contributed by atoms with Crippen molar-refractivity contribution in [1.82, 2.24) is 0 Å². The highest BCUT2D eigenvalue weighted by Gasteiger charge is 2.09. The Labute approximate surface area is 136 Å². The molecule has 0 bridgehead atoms. The zero-order valence-electron chi connectivity index (χ0n) is 11.3. The number of nitrogens with two attached hydrogens (primary N) is 1. The van der Waals surface area contributed by atoms with Crippen LogP contribution in [0.25, 0.3) is 0 Å². The molecule has 3 N–H and O–H groups in total. The minimum Gasteiger partial charge on any atom is -0.492 e. The van der Waals surface area contributed by atoms with Crippen LogP contribution in [-0.2, 0) is 0 Å². The van der Waals surface area contributed by atoms with Crippen LogP contribution in [0.5, 0.6) is 5.75 Å². The summed E-state index contributed by atoms with van der Waals surface area (Å²) < 4.78 is 6.03. The average Bonchev–Trinajstić information content (AvgIpc) is 2.45. The molecule has 110 valence electrons. The van der Waals surface area contributed by atoms with Crippen LogP contribution in [0, 0.1) is 0 Å². The molecular formula is C15H14BrClN2O2. The fourth-order valence-corrected chi connectivity index (χ4v) is 2.34. The summed E-state index contributed by atoms with van der Waals surface area (Å²) in [4.78, 5) is 12.2. The first-order chi connectivity index (χ1) is 10.0. The summed E-state index contributed by atoms with van der Waals surface area (Å²) in [6.45, 7) is 2.41. The summed E-state index contributed by atoms with van der Waals surface area (Å²) in [6, 6.07) is 10.1. The number of nitrogens with one attached hydrogen (secondary N) is 1. The van der Waals surface area contributed by atoms with E-state index in [0.29, 0.717) is 38.8 Å². The lowest BCUT2D eigenvalue weighted by Gasteiger charge is -2.09. The average molecular weight is 370 g/mol. The predicted molar refractivity (Wildman–Crippen MR) is 89.1 cm³/mol. The lowest BCUT2D eigenvalue weighted by Crippen LogP contribution is -2.12. The highest BCUT2D eigenvalue weighted by Crippen LogP contribution is 2.28. The SMILES string of the molecule is CCOc1ccc(NC(=O)c2ccc(N)c(Br)c2)cc1Cl. The molecule has 1 amide bonds. The normalized spacial score (nSPS) is 10.2. The lowest BCUT2D eigenvalue weighted by atomic mass is 10.2. The van der Waals surface area contributed by atoms with Crippen LogP contribution >= 0.6 is 27.5 Å². The van der Waals surface area contributed by atoms with E-state index in [1.807, 2.05) is 6.92 Å². The fraction of sp³-hybridized carbons (Fsp3) is 0.133. The zero-order chi connectivity index (χ0) is 15.4. The summed E-state index contributed by atoms with van der Waals surface area (Å²) in [5, 5.41) is 3.23. The van der Waals surface area contributed by atoms with E-state index in [0.717, 1.165) is 0 Å². The Morgan fingerprint density at radius 3 is 2.71 bits per heavy atom. The van der Waals surface area contributed by atoms with Gasteiger partial charge in [-0.15, -0.1) is 0 Å². The number of anilines is 2. The number of amides is 1. The second-order valence-electron chi connectivity index (χ2n) is 4.27. The molecule has 0 saturated heterocycles. The van der Waals surface area contributed by atoms with E-state index in [1.165, 1.54) is 0 Å². The molecule has 0 heterocycles. The van der Waals surface area contributed by atoms with Crippen LogP contribution in [-0.4, -0.2) is 12.5 Å². The molecule has 21 heavy (non-hydrogen) atoms. The Balaban J connectivity index is 2.15. The third-order valence-corrected chi connectivity index (χ3v) is 3.73. The van der Waals surface area contributed by atoms with E-state index in [2.05, 4.69) is 21.2 Å². The van der Waals surface area contributed by atoms with Crippen molar-refractivity contribution in [1.29, 1.82) is 0 Å². The molecule has 0 radical (unpaired) electrons. The molecule has 2 aromatic rings. The first-order valence-corrected chi connectivity index (χ1v) is 7.47. The van der Waals surface area contributed by atoms with Crippen molar-refractivity contribution in [2.24, 2.45) is 0 Å². The van der Waals surface area contributed by atoms with Crippen LogP contribution in [0.15, 0.2) is 40.9 Å². The van der Waals surface area contributed by atoms with E-state index >= 15 is 0 Å². The van der Waals surface area contributed by atoms with Crippen LogP contribution < -0.4 is 15.8 Å². The van der Waals surface area contributed by atoms with Gasteiger partial charge in [0.15, 0.2) is 0 Å². The molecule has 2 aromatic carbocycles. The van der Waals surface area contributed by atoms with Gasteiger partial charge in [0, 0.05) is 21.4 Å². The van der Waals surface area contributed by atoms with E-state index in [-0.39, 0.29) is 5.91 Å². The van der Waals surface area contributed by atoms with Crippen molar-refractivity contribution in [2.45, 2.75) is 6.92 Å². The molecular weight excluding hydrogens is 356 g/mol. The Morgan fingerprint density at radius 2 is 2.10 bits per heavy atom. The lowest BCUT2D eigenvalue weighted by molar-refractivity contribution is 0.102. The van der Waals surface area contributed by atoms with E-state index in [9.17, 15) is 4.79 Å². The minimum atomic E-state index is -0.240. The third kappa shape index (κ3) is 3.89. The first-order valence-electron chi connectivity index (χ1n) is 6.30. The van der Waals surface area contributed by atoms with Gasteiger partial charge >= 0.3 is 0 Å². The number of ether oxygens (including phenoxy) is 1. The minimum absolute atomic E-state index is 0.240. The Morgan fingerprint density at radius 1 is 1.33 bits per heavy atom. The van der Waals surface area contributed by atoms with Crippen LogP contribution in [0.4, 0.5) is 11.4 Å². The maximum absolute atomic E-state index is 12.2. The van der Waals surface area contributed by atoms with Crippen molar-refractivity contribution in [2.75, 3.05) is 17.7 Å². The maximum atomic E-state index is 12.2. The Hall–Kier alpha value is -1.72. The molecule has 4 nitrogen and oxygen atoms in total. The summed E-state index contributed by atoms with van der Waals surface area (Å²) >= 11 is 9.38. The highest BCUT2D eigenvalue weighted by molar-refractivity contribution is 9.10. The van der Waals surface area contributed by atoms with Gasteiger partial charge in [0.2, 0.25) is 0 Å². The number of carbonyl (C=O) groups is 1. The summed E-state index contributed by atoms with van der Waals surface area (Å²) in [5.74, 6) is 0.350. The molecule has 0 aliphatic carbocycles. The molecule has 0 fully saturated rings. The molecule has 2 rings (SSSR count). The molecule has 0 atom stereocenters. The van der Waals surface area contributed by atoms with Crippen LogP contribution in [0.1, 0.15) is 17.3 Å². The molecule has 0 spiro atoms. The van der Waals surface area contributed by atoms with Gasteiger partial charge in [-0.2, -0.15) is 0 Å². The highest BCUT2D eigenvalue weighted by atomic mass is 79.9. The van der Waals surface area contributed by atoms with E-state index < -0.39 is 0 Å². The van der Waals surface area contributed by atoms with Gasteiger partial charge in [-0.05, 0) is 59.3 Å². The monoisotopic (exact) mass is 368 g/mol. The number of carbonyl (C=O) groups excluding carboxylic acids is 1. The molecule has 0 aliphatic heterocycles. The van der Waals surface area contributed by atoms with E-state index in [1.54, 1.807) is 36.4 Å². The van der Waals surface area contributed by atoms with Crippen LogP contribution in [0.3, 0.4) is 0 Å². The second kappa shape index (κ2) is 6.83. The molecule has 0 aliphatic rings. The quantitative estimate of drug-likeness (QED) is 0.788. The van der Waals surface area contributed by atoms with Gasteiger partial charge in [0.05, 0.1) is 11.6 Å². The number of hydrogen-bond donors (Lipinski definition) is 2. The van der Waals surface area contributed by atoms with Crippen molar-refractivity contribution >= 4 is 44.8 Å². The Kier molecular flexibility index (Phi) is 5.09. The van der Waals surface area contributed by atoms with Gasteiger partial charge in [-0.3, -0.25) is 4.79 Å². The smallest absolute Gasteiger partial charge is 0.255 e. The maximum Gasteiger partial charge on any atom is 0.255 e. The molecule has 0 unspecified atom stereocenters. The van der Waals surface area contributed by atoms with Crippen molar-refractivity contribution in [3.8, 4) is 5.75 Å². The largest absolute Gasteiger partial charge is 0.492 e. The van der Waals surface area contributed by atoms with Crippen molar-refractivity contribution in [3.63, 3.8) is 0 Å². The number of rotatable bonds is 4. The summed E-state index contributed by atoms with van der Waals surface area (Å²) in [5.41, 5.74) is 7.38. The van der Waals surface area contributed by atoms with E-state index in [4.69, 9.17) is 22.1 Å². The predicted octanol–water partition coefficient (Wildman–Crippen LogP) is 4.34. The van der Waals surface area contributed by atoms with Crippen molar-refractivity contribution in [3.05, 3.63) is 51.5 Å².